The number of ether oxygens (including phenoxy) is 1. The van der Waals surface area contributed by atoms with Crippen molar-refractivity contribution in [3.05, 3.63) is 65.2 Å². The molecule has 3 rings (SSSR count). The van der Waals surface area contributed by atoms with Gasteiger partial charge in [-0.25, -0.2) is 0 Å². The highest BCUT2D eigenvalue weighted by Gasteiger charge is 2.45. The van der Waals surface area contributed by atoms with Gasteiger partial charge in [-0.2, -0.15) is 22.0 Å². The summed E-state index contributed by atoms with van der Waals surface area (Å²) in [4.78, 5) is 14.1. The van der Waals surface area contributed by atoms with Crippen LogP contribution >= 0.6 is 0 Å². The van der Waals surface area contributed by atoms with Crippen LogP contribution in [-0.4, -0.2) is 24.5 Å². The summed E-state index contributed by atoms with van der Waals surface area (Å²) < 4.78 is 66.5. The van der Waals surface area contributed by atoms with E-state index in [0.717, 1.165) is 17.7 Å². The first kappa shape index (κ1) is 20.1. The van der Waals surface area contributed by atoms with E-state index in [1.807, 2.05) is 0 Å². The van der Waals surface area contributed by atoms with Crippen LogP contribution in [0.25, 0.3) is 0 Å². The van der Waals surface area contributed by atoms with Gasteiger partial charge in [0.25, 0.3) is 0 Å². The largest absolute Gasteiger partial charge is 0.435 e. The summed E-state index contributed by atoms with van der Waals surface area (Å²) in [6.45, 7) is -2.60. The third-order valence-corrected chi connectivity index (χ3v) is 4.72. The summed E-state index contributed by atoms with van der Waals surface area (Å²) in [6.07, 6.45) is -3.79. The number of nitrogens with zero attached hydrogens (tertiary/aromatic N) is 1. The molecule has 1 aliphatic rings. The Morgan fingerprint density at radius 1 is 1.11 bits per heavy atom. The predicted molar refractivity (Wildman–Crippen MR) is 91.8 cm³/mol. The first-order valence-electron chi connectivity index (χ1n) is 8.61. The molecule has 0 radical (unpaired) electrons. The van der Waals surface area contributed by atoms with Gasteiger partial charge in [-0.1, -0.05) is 24.3 Å². The molecule has 3 nitrogen and oxygen atoms in total. The van der Waals surface area contributed by atoms with Gasteiger partial charge in [0.05, 0.1) is 5.56 Å². The van der Waals surface area contributed by atoms with Gasteiger partial charge in [0.2, 0.25) is 5.91 Å². The average molecular weight is 399 g/mol. The van der Waals surface area contributed by atoms with Crippen LogP contribution in [0.5, 0.6) is 5.75 Å². The highest BCUT2D eigenvalue weighted by molar-refractivity contribution is 5.82. The van der Waals surface area contributed by atoms with Gasteiger partial charge >= 0.3 is 12.8 Å². The van der Waals surface area contributed by atoms with Gasteiger partial charge in [-0.3, -0.25) is 4.79 Å². The maximum Gasteiger partial charge on any atom is 0.416 e. The standard InChI is InChI=1S/C20H18F5NO2/c1-26(11-12-2-8-15(9-3-12)28-19(21)22)18(27)17-10-16(17)13-4-6-14(7-5-13)20(23,24)25/h2-9,16-17,19H,10-11H2,1H3. The summed E-state index contributed by atoms with van der Waals surface area (Å²) in [6, 6.07) is 10.9. The van der Waals surface area contributed by atoms with Crippen LogP contribution in [0.15, 0.2) is 48.5 Å². The molecule has 8 heteroatoms. The molecule has 2 aromatic carbocycles. The molecule has 0 aromatic heterocycles. The molecule has 1 saturated carbocycles. The zero-order chi connectivity index (χ0) is 20.5. The molecule has 2 aromatic rings. The Hall–Kier alpha value is -2.64. The molecule has 0 saturated heterocycles. The molecule has 2 unspecified atom stereocenters. The zero-order valence-electron chi connectivity index (χ0n) is 14.9. The van der Waals surface area contributed by atoms with Gasteiger partial charge in [0, 0.05) is 19.5 Å². The Kier molecular flexibility index (Phi) is 5.58. The smallest absolute Gasteiger partial charge is 0.416 e. The molecule has 150 valence electrons. The molecule has 1 aliphatic carbocycles. The van der Waals surface area contributed by atoms with E-state index >= 15 is 0 Å². The minimum absolute atomic E-state index is 0.0392. The van der Waals surface area contributed by atoms with Gasteiger partial charge < -0.3 is 9.64 Å². The number of rotatable bonds is 6. The Balaban J connectivity index is 1.56. The van der Waals surface area contributed by atoms with E-state index in [-0.39, 0.29) is 23.5 Å². The molecule has 0 heterocycles. The van der Waals surface area contributed by atoms with Gasteiger partial charge in [-0.05, 0) is 47.7 Å². The topological polar surface area (TPSA) is 29.5 Å². The molecule has 0 bridgehead atoms. The lowest BCUT2D eigenvalue weighted by Gasteiger charge is -2.18. The normalized spacial score (nSPS) is 18.8. The maximum atomic E-state index is 12.6. The van der Waals surface area contributed by atoms with Crippen LogP contribution in [0.1, 0.15) is 29.0 Å². The highest BCUT2D eigenvalue weighted by atomic mass is 19.4. The number of halogens is 5. The lowest BCUT2D eigenvalue weighted by molar-refractivity contribution is -0.137. The second-order valence-corrected chi connectivity index (χ2v) is 6.79. The van der Waals surface area contributed by atoms with E-state index in [9.17, 15) is 26.7 Å². The summed E-state index contributed by atoms with van der Waals surface area (Å²) in [5.74, 6) is -0.405. The van der Waals surface area contributed by atoms with Crippen molar-refractivity contribution in [1.29, 1.82) is 0 Å². The summed E-state index contributed by atoms with van der Waals surface area (Å²) >= 11 is 0. The highest BCUT2D eigenvalue weighted by Crippen LogP contribution is 2.48. The fraction of sp³-hybridized carbons (Fsp3) is 0.350. The van der Waals surface area contributed by atoms with Gasteiger partial charge in [-0.15, -0.1) is 0 Å². The van der Waals surface area contributed by atoms with Crippen molar-refractivity contribution in [1.82, 2.24) is 4.90 Å². The lowest BCUT2D eigenvalue weighted by Crippen LogP contribution is -2.28. The number of carbonyl (C=O) groups is 1. The summed E-state index contributed by atoms with van der Waals surface area (Å²) in [5, 5.41) is 0. The SMILES string of the molecule is CN(Cc1ccc(OC(F)F)cc1)C(=O)C1CC1c1ccc(C(F)(F)F)cc1. The number of hydrogen-bond donors (Lipinski definition) is 0. The molecule has 28 heavy (non-hydrogen) atoms. The fourth-order valence-corrected chi connectivity index (χ4v) is 3.17. The van der Waals surface area contributed by atoms with Crippen LogP contribution in [0.3, 0.4) is 0 Å². The lowest BCUT2D eigenvalue weighted by atomic mass is 10.1. The predicted octanol–water partition coefficient (Wildman–Crippen LogP) is 5.07. The average Bonchev–Trinajstić information content (AvgIpc) is 3.42. The van der Waals surface area contributed by atoms with E-state index in [1.54, 1.807) is 19.2 Å². The third-order valence-electron chi connectivity index (χ3n) is 4.72. The molecular formula is C20H18F5NO2. The van der Waals surface area contributed by atoms with Crippen LogP contribution in [0.2, 0.25) is 0 Å². The first-order valence-corrected chi connectivity index (χ1v) is 8.61. The number of amides is 1. The van der Waals surface area contributed by atoms with E-state index < -0.39 is 18.4 Å². The van der Waals surface area contributed by atoms with E-state index in [2.05, 4.69) is 4.74 Å². The Bertz CT molecular complexity index is 818. The van der Waals surface area contributed by atoms with E-state index in [1.165, 1.54) is 29.2 Å². The molecule has 0 aliphatic heterocycles. The minimum atomic E-state index is -4.38. The van der Waals surface area contributed by atoms with Crippen molar-refractivity contribution < 1.29 is 31.5 Å². The van der Waals surface area contributed by atoms with Crippen LogP contribution in [0.4, 0.5) is 22.0 Å². The van der Waals surface area contributed by atoms with Crippen molar-refractivity contribution in [2.75, 3.05) is 7.05 Å². The van der Waals surface area contributed by atoms with E-state index in [4.69, 9.17) is 0 Å². The number of hydrogen-bond acceptors (Lipinski definition) is 2. The van der Waals surface area contributed by atoms with Gasteiger partial charge in [0.15, 0.2) is 0 Å². The Labute approximate surface area is 158 Å². The summed E-state index contributed by atoms with van der Waals surface area (Å²) in [5.41, 5.74) is 0.758. The van der Waals surface area contributed by atoms with Crippen molar-refractivity contribution in [3.8, 4) is 5.75 Å². The molecule has 1 amide bonds. The van der Waals surface area contributed by atoms with Gasteiger partial charge in [0.1, 0.15) is 5.75 Å². The monoisotopic (exact) mass is 399 g/mol. The third kappa shape index (κ3) is 4.79. The molecule has 0 N–H and O–H groups in total. The van der Waals surface area contributed by atoms with Crippen molar-refractivity contribution >= 4 is 5.91 Å². The molecule has 0 spiro atoms. The van der Waals surface area contributed by atoms with E-state index in [0.29, 0.717) is 18.5 Å². The summed E-state index contributed by atoms with van der Waals surface area (Å²) in [7, 11) is 1.63. The Morgan fingerprint density at radius 3 is 2.25 bits per heavy atom. The van der Waals surface area contributed by atoms with Crippen molar-refractivity contribution in [2.24, 2.45) is 5.92 Å². The second-order valence-electron chi connectivity index (χ2n) is 6.79. The maximum absolute atomic E-state index is 12.6. The molecular weight excluding hydrogens is 381 g/mol. The fourth-order valence-electron chi connectivity index (χ4n) is 3.17. The number of alkyl halides is 5. The second kappa shape index (κ2) is 7.77. The van der Waals surface area contributed by atoms with Crippen LogP contribution < -0.4 is 4.74 Å². The van der Waals surface area contributed by atoms with Crippen LogP contribution in [0, 0.1) is 5.92 Å². The Morgan fingerprint density at radius 2 is 1.71 bits per heavy atom. The minimum Gasteiger partial charge on any atom is -0.435 e. The first-order chi connectivity index (χ1) is 13.1. The van der Waals surface area contributed by atoms with Crippen molar-refractivity contribution in [3.63, 3.8) is 0 Å². The number of benzene rings is 2. The van der Waals surface area contributed by atoms with Crippen LogP contribution in [-0.2, 0) is 17.5 Å². The molecule has 1 fully saturated rings. The van der Waals surface area contributed by atoms with Crippen molar-refractivity contribution in [2.45, 2.75) is 31.7 Å². The molecule has 2 atom stereocenters. The quantitative estimate of drug-likeness (QED) is 0.635. The zero-order valence-corrected chi connectivity index (χ0v) is 14.9. The number of carbonyl (C=O) groups excluding carboxylic acids is 1.